The molecule has 3 nitrogen and oxygen atoms in total. The first-order chi connectivity index (χ1) is 8.02. The summed E-state index contributed by atoms with van der Waals surface area (Å²) in [6, 6.07) is 7.39. The molecule has 1 aromatic heterocycles. The highest BCUT2D eigenvalue weighted by Gasteiger charge is 2.18. The Labute approximate surface area is 109 Å². The maximum Gasteiger partial charge on any atom is 0.229 e. The molecular weight excluding hydrogens is 280 g/mol. The molecule has 0 atom stereocenters. The number of hydrogen-bond acceptors (Lipinski definition) is 2. The third-order valence-corrected chi connectivity index (χ3v) is 3.63. The van der Waals surface area contributed by atoms with Crippen molar-refractivity contribution >= 4 is 21.7 Å². The Hall–Kier alpha value is -1.42. The monoisotopic (exact) mass is 292 g/mol. The molecule has 0 amide bonds. The van der Waals surface area contributed by atoms with Gasteiger partial charge in [0.25, 0.3) is 0 Å². The van der Waals surface area contributed by atoms with E-state index < -0.39 is 0 Å². The molecule has 0 N–H and O–H groups in total. The van der Waals surface area contributed by atoms with Gasteiger partial charge in [-0.3, -0.25) is 4.79 Å². The number of nitrogens with zero attached hydrogens (tertiary/aromatic N) is 2. The number of halogens is 1. The summed E-state index contributed by atoms with van der Waals surface area (Å²) in [7, 11) is 1.86. The van der Waals surface area contributed by atoms with Gasteiger partial charge in [-0.15, -0.1) is 0 Å². The van der Waals surface area contributed by atoms with Crippen LogP contribution in [0.15, 0.2) is 28.7 Å². The molecular formula is C13H13BrN2O. The minimum atomic E-state index is -0.0591. The fourth-order valence-electron chi connectivity index (χ4n) is 1.69. The number of carbonyl (C=O) groups excluding carboxylic acids is 1. The highest BCUT2D eigenvalue weighted by atomic mass is 79.9. The van der Waals surface area contributed by atoms with E-state index in [4.69, 9.17) is 0 Å². The Morgan fingerprint density at radius 2 is 1.94 bits per heavy atom. The van der Waals surface area contributed by atoms with Gasteiger partial charge in [0.2, 0.25) is 5.78 Å². The summed E-state index contributed by atoms with van der Waals surface area (Å²) in [5.74, 6) is 0.420. The Bertz CT molecular complexity index is 587. The van der Waals surface area contributed by atoms with Crippen LogP contribution in [0.1, 0.15) is 27.6 Å². The topological polar surface area (TPSA) is 34.9 Å². The third-order valence-electron chi connectivity index (χ3n) is 2.94. The Morgan fingerprint density at radius 3 is 2.47 bits per heavy atom. The molecule has 17 heavy (non-hydrogen) atoms. The van der Waals surface area contributed by atoms with E-state index in [1.807, 2.05) is 43.7 Å². The molecule has 4 heteroatoms. The molecule has 0 unspecified atom stereocenters. The molecule has 0 saturated carbocycles. The van der Waals surface area contributed by atoms with Gasteiger partial charge in [0.15, 0.2) is 5.82 Å². The van der Waals surface area contributed by atoms with Crippen molar-refractivity contribution in [3.63, 3.8) is 0 Å². The highest BCUT2D eigenvalue weighted by molar-refractivity contribution is 9.10. The SMILES string of the molecule is Cc1nc(C(=O)c2ccccc2Br)n(C)c1C. The second-order valence-corrected chi connectivity index (χ2v) is 4.83. The van der Waals surface area contributed by atoms with E-state index in [2.05, 4.69) is 20.9 Å². The minimum absolute atomic E-state index is 0.0591. The zero-order valence-corrected chi connectivity index (χ0v) is 11.6. The van der Waals surface area contributed by atoms with Gasteiger partial charge in [-0.05, 0) is 26.0 Å². The third kappa shape index (κ3) is 2.05. The molecule has 0 spiro atoms. The van der Waals surface area contributed by atoms with Crippen LogP contribution in [0.3, 0.4) is 0 Å². The van der Waals surface area contributed by atoms with Crippen molar-refractivity contribution in [3.8, 4) is 0 Å². The Balaban J connectivity index is 2.52. The summed E-state index contributed by atoms with van der Waals surface area (Å²) >= 11 is 3.39. The molecule has 1 aromatic carbocycles. The number of ketones is 1. The van der Waals surface area contributed by atoms with Crippen molar-refractivity contribution in [1.82, 2.24) is 9.55 Å². The van der Waals surface area contributed by atoms with Gasteiger partial charge in [-0.25, -0.2) is 4.98 Å². The van der Waals surface area contributed by atoms with Crippen molar-refractivity contribution in [2.45, 2.75) is 13.8 Å². The summed E-state index contributed by atoms with van der Waals surface area (Å²) in [5, 5.41) is 0. The summed E-state index contributed by atoms with van der Waals surface area (Å²) in [6.07, 6.45) is 0. The van der Waals surface area contributed by atoms with Crippen LogP contribution in [0.4, 0.5) is 0 Å². The molecule has 2 aromatic rings. The lowest BCUT2D eigenvalue weighted by molar-refractivity contribution is 0.102. The van der Waals surface area contributed by atoms with Crippen LogP contribution < -0.4 is 0 Å². The lowest BCUT2D eigenvalue weighted by atomic mass is 10.1. The van der Waals surface area contributed by atoms with Crippen LogP contribution in [-0.4, -0.2) is 15.3 Å². The lowest BCUT2D eigenvalue weighted by Gasteiger charge is -2.04. The fraction of sp³-hybridized carbons (Fsp3) is 0.231. The van der Waals surface area contributed by atoms with Gasteiger partial charge in [0.1, 0.15) is 0 Å². The molecule has 0 fully saturated rings. The Kier molecular flexibility index (Phi) is 3.15. The van der Waals surface area contributed by atoms with Crippen molar-refractivity contribution in [1.29, 1.82) is 0 Å². The van der Waals surface area contributed by atoms with Crippen molar-refractivity contribution in [2.24, 2.45) is 7.05 Å². The van der Waals surface area contributed by atoms with Crippen LogP contribution in [-0.2, 0) is 7.05 Å². The van der Waals surface area contributed by atoms with Gasteiger partial charge in [0, 0.05) is 22.8 Å². The maximum absolute atomic E-state index is 12.3. The van der Waals surface area contributed by atoms with Crippen LogP contribution in [0.5, 0.6) is 0 Å². The van der Waals surface area contributed by atoms with E-state index in [1.54, 1.807) is 6.07 Å². The average molecular weight is 293 g/mol. The molecule has 88 valence electrons. The predicted octanol–water partition coefficient (Wildman–Crippen LogP) is 3.03. The first-order valence-electron chi connectivity index (χ1n) is 5.31. The van der Waals surface area contributed by atoms with Crippen molar-refractivity contribution < 1.29 is 4.79 Å². The summed E-state index contributed by atoms with van der Waals surface area (Å²) in [4.78, 5) is 16.7. The van der Waals surface area contributed by atoms with Gasteiger partial charge < -0.3 is 4.57 Å². The number of hydrogen-bond donors (Lipinski definition) is 0. The Morgan fingerprint density at radius 1 is 1.29 bits per heavy atom. The molecule has 1 heterocycles. The lowest BCUT2D eigenvalue weighted by Crippen LogP contribution is -2.10. The normalized spacial score (nSPS) is 10.6. The van der Waals surface area contributed by atoms with Crippen LogP contribution in [0.25, 0.3) is 0 Å². The van der Waals surface area contributed by atoms with Gasteiger partial charge >= 0.3 is 0 Å². The van der Waals surface area contributed by atoms with E-state index >= 15 is 0 Å². The van der Waals surface area contributed by atoms with E-state index in [0.29, 0.717) is 11.4 Å². The fourth-order valence-corrected chi connectivity index (χ4v) is 2.15. The number of aromatic nitrogens is 2. The van der Waals surface area contributed by atoms with Crippen LogP contribution in [0.2, 0.25) is 0 Å². The maximum atomic E-state index is 12.3. The number of benzene rings is 1. The predicted molar refractivity (Wildman–Crippen MR) is 70.3 cm³/mol. The average Bonchev–Trinajstić information content (AvgIpc) is 2.57. The molecule has 0 aliphatic heterocycles. The zero-order valence-electron chi connectivity index (χ0n) is 9.99. The molecule has 0 aliphatic rings. The smallest absolute Gasteiger partial charge is 0.229 e. The standard InChI is InChI=1S/C13H13BrN2O/c1-8-9(2)16(3)13(15-8)12(17)10-6-4-5-7-11(10)14/h4-7H,1-3H3. The summed E-state index contributed by atoms with van der Waals surface area (Å²) in [5.41, 5.74) is 2.55. The molecule has 0 bridgehead atoms. The number of rotatable bonds is 2. The molecule has 0 saturated heterocycles. The molecule has 0 aliphatic carbocycles. The zero-order chi connectivity index (χ0) is 12.6. The number of carbonyl (C=O) groups is 1. The van der Waals surface area contributed by atoms with E-state index in [0.717, 1.165) is 15.9 Å². The second-order valence-electron chi connectivity index (χ2n) is 3.97. The van der Waals surface area contributed by atoms with Crippen LogP contribution in [0, 0.1) is 13.8 Å². The van der Waals surface area contributed by atoms with Crippen molar-refractivity contribution in [2.75, 3.05) is 0 Å². The van der Waals surface area contributed by atoms with Crippen LogP contribution >= 0.6 is 15.9 Å². The number of aryl methyl sites for hydroxylation is 1. The summed E-state index contributed by atoms with van der Waals surface area (Å²) < 4.78 is 2.63. The van der Waals surface area contributed by atoms with Gasteiger partial charge in [0.05, 0.1) is 5.69 Å². The largest absolute Gasteiger partial charge is 0.328 e. The minimum Gasteiger partial charge on any atom is -0.328 e. The van der Waals surface area contributed by atoms with Gasteiger partial charge in [-0.1, -0.05) is 28.1 Å². The van der Waals surface area contributed by atoms with Crippen molar-refractivity contribution in [3.05, 3.63) is 51.5 Å². The summed E-state index contributed by atoms with van der Waals surface area (Å²) in [6.45, 7) is 3.87. The van der Waals surface area contributed by atoms with E-state index in [-0.39, 0.29) is 5.78 Å². The van der Waals surface area contributed by atoms with Gasteiger partial charge in [-0.2, -0.15) is 0 Å². The molecule has 0 radical (unpaired) electrons. The van der Waals surface area contributed by atoms with E-state index in [1.165, 1.54) is 0 Å². The quantitative estimate of drug-likeness (QED) is 0.798. The second kappa shape index (κ2) is 4.45. The molecule has 2 rings (SSSR count). The first kappa shape index (κ1) is 12.0. The van der Waals surface area contributed by atoms with E-state index in [9.17, 15) is 4.79 Å². The first-order valence-corrected chi connectivity index (χ1v) is 6.11. The number of imidazole rings is 1. The highest BCUT2D eigenvalue weighted by Crippen LogP contribution is 2.20.